The van der Waals surface area contributed by atoms with E-state index in [-0.39, 0.29) is 11.8 Å². The number of nitrogens with one attached hydrogen (secondary N) is 2. The number of anilines is 1. The van der Waals surface area contributed by atoms with E-state index in [2.05, 4.69) is 10.6 Å². The van der Waals surface area contributed by atoms with E-state index in [9.17, 15) is 9.59 Å². The van der Waals surface area contributed by atoms with Crippen molar-refractivity contribution in [3.8, 4) is 0 Å². The Labute approximate surface area is 127 Å². The smallest absolute Gasteiger partial charge is 0.251 e. The van der Waals surface area contributed by atoms with Crippen molar-refractivity contribution in [2.75, 3.05) is 11.9 Å². The van der Waals surface area contributed by atoms with Gasteiger partial charge in [-0.25, -0.2) is 0 Å². The molecule has 0 aliphatic carbocycles. The van der Waals surface area contributed by atoms with Gasteiger partial charge in [0.05, 0.1) is 0 Å². The minimum absolute atomic E-state index is 0.150. The van der Waals surface area contributed by atoms with Crippen LogP contribution in [-0.2, 0) is 4.79 Å². The van der Waals surface area contributed by atoms with E-state index in [1.807, 2.05) is 24.4 Å². The van der Waals surface area contributed by atoms with Gasteiger partial charge < -0.3 is 10.6 Å². The predicted molar refractivity (Wildman–Crippen MR) is 86.4 cm³/mol. The molecule has 0 aliphatic heterocycles. The van der Waals surface area contributed by atoms with Gasteiger partial charge in [0.1, 0.15) is 0 Å². The second kappa shape index (κ2) is 7.40. The molecule has 21 heavy (non-hydrogen) atoms. The molecule has 2 N–H and O–H groups in total. The fraction of sp³-hybridized carbons (Fsp3) is 0.125. The highest BCUT2D eigenvalue weighted by Crippen LogP contribution is 2.12. The Balaban J connectivity index is 2.00. The van der Waals surface area contributed by atoms with E-state index in [1.165, 1.54) is 6.08 Å². The average Bonchev–Trinajstić information content (AvgIpc) is 2.99. The molecule has 0 atom stereocenters. The van der Waals surface area contributed by atoms with Crippen LogP contribution < -0.4 is 10.6 Å². The van der Waals surface area contributed by atoms with Crippen LogP contribution in [0.15, 0.2) is 47.9 Å². The Morgan fingerprint density at radius 3 is 2.81 bits per heavy atom. The first-order chi connectivity index (χ1) is 10.2. The number of amides is 2. The summed E-state index contributed by atoms with van der Waals surface area (Å²) in [6.45, 7) is 2.43. The summed E-state index contributed by atoms with van der Waals surface area (Å²) in [5.74, 6) is -0.376. The minimum Gasteiger partial charge on any atom is -0.352 e. The van der Waals surface area contributed by atoms with Crippen molar-refractivity contribution >= 4 is 34.9 Å². The molecule has 2 aromatic rings. The maximum atomic E-state index is 11.8. The van der Waals surface area contributed by atoms with Gasteiger partial charge in [-0.15, -0.1) is 11.3 Å². The maximum absolute atomic E-state index is 11.8. The fourth-order valence-electron chi connectivity index (χ4n) is 1.73. The Hall–Kier alpha value is -2.40. The number of rotatable bonds is 5. The van der Waals surface area contributed by atoms with Gasteiger partial charge in [0.15, 0.2) is 0 Å². The first-order valence-electron chi connectivity index (χ1n) is 6.60. The molecule has 1 aromatic heterocycles. The minimum atomic E-state index is -0.226. The highest BCUT2D eigenvalue weighted by molar-refractivity contribution is 7.10. The highest BCUT2D eigenvalue weighted by Gasteiger charge is 2.05. The van der Waals surface area contributed by atoms with Crippen LogP contribution in [0.3, 0.4) is 0 Å². The third-order valence-electron chi connectivity index (χ3n) is 2.67. The Morgan fingerprint density at radius 1 is 1.24 bits per heavy atom. The summed E-state index contributed by atoms with van der Waals surface area (Å²) in [7, 11) is 0. The van der Waals surface area contributed by atoms with Crippen LogP contribution in [0.4, 0.5) is 5.69 Å². The fourth-order valence-corrected chi connectivity index (χ4v) is 2.35. The molecule has 1 heterocycles. The van der Waals surface area contributed by atoms with Gasteiger partial charge in [0.2, 0.25) is 5.91 Å². The van der Waals surface area contributed by atoms with Crippen molar-refractivity contribution in [2.24, 2.45) is 0 Å². The van der Waals surface area contributed by atoms with Gasteiger partial charge in [-0.3, -0.25) is 9.59 Å². The molecule has 4 nitrogen and oxygen atoms in total. The standard InChI is InChI=1S/C16H16N2O2S/c1-2-17-16(20)12-5-3-6-13(11-12)18-15(19)9-8-14-7-4-10-21-14/h3-11H,2H2,1H3,(H,17,20)(H,18,19). The van der Waals surface area contributed by atoms with Crippen LogP contribution >= 0.6 is 11.3 Å². The van der Waals surface area contributed by atoms with Crippen molar-refractivity contribution in [1.29, 1.82) is 0 Å². The van der Waals surface area contributed by atoms with Crippen molar-refractivity contribution in [2.45, 2.75) is 6.92 Å². The van der Waals surface area contributed by atoms with E-state index < -0.39 is 0 Å². The Kier molecular flexibility index (Phi) is 5.29. The largest absolute Gasteiger partial charge is 0.352 e. The molecular formula is C16H16N2O2S. The molecule has 5 heteroatoms. The summed E-state index contributed by atoms with van der Waals surface area (Å²) in [6, 6.07) is 10.7. The highest BCUT2D eigenvalue weighted by atomic mass is 32.1. The zero-order valence-corrected chi connectivity index (χ0v) is 12.4. The molecule has 0 saturated carbocycles. The lowest BCUT2D eigenvalue weighted by Crippen LogP contribution is -2.22. The summed E-state index contributed by atoms with van der Waals surface area (Å²) < 4.78 is 0. The summed E-state index contributed by atoms with van der Waals surface area (Å²) in [5, 5.41) is 7.41. The zero-order valence-electron chi connectivity index (χ0n) is 11.6. The number of carbonyl (C=O) groups excluding carboxylic acids is 2. The van der Waals surface area contributed by atoms with Crippen LogP contribution in [0.1, 0.15) is 22.2 Å². The normalized spacial score (nSPS) is 10.5. The van der Waals surface area contributed by atoms with Crippen LogP contribution in [-0.4, -0.2) is 18.4 Å². The molecule has 1 aromatic carbocycles. The van der Waals surface area contributed by atoms with Gasteiger partial charge in [-0.2, -0.15) is 0 Å². The van der Waals surface area contributed by atoms with Crippen molar-refractivity contribution in [1.82, 2.24) is 5.32 Å². The molecule has 2 amide bonds. The van der Waals surface area contributed by atoms with E-state index in [4.69, 9.17) is 0 Å². The van der Waals surface area contributed by atoms with Crippen LogP contribution in [0.25, 0.3) is 6.08 Å². The van der Waals surface area contributed by atoms with Crippen LogP contribution in [0.5, 0.6) is 0 Å². The molecule has 0 saturated heterocycles. The quantitative estimate of drug-likeness (QED) is 0.833. The summed E-state index contributed by atoms with van der Waals surface area (Å²) in [6.07, 6.45) is 3.23. The van der Waals surface area contributed by atoms with Crippen molar-refractivity contribution in [3.63, 3.8) is 0 Å². The monoisotopic (exact) mass is 300 g/mol. The second-order valence-corrected chi connectivity index (χ2v) is 5.26. The molecule has 0 unspecified atom stereocenters. The molecule has 2 rings (SSSR count). The summed E-state index contributed by atoms with van der Waals surface area (Å²) >= 11 is 1.56. The van der Waals surface area contributed by atoms with E-state index in [0.717, 1.165) is 4.88 Å². The lowest BCUT2D eigenvalue weighted by atomic mass is 10.2. The molecule has 0 bridgehead atoms. The molecule has 0 radical (unpaired) electrons. The molecule has 0 spiro atoms. The van der Waals surface area contributed by atoms with Gasteiger partial charge in [-0.1, -0.05) is 12.1 Å². The van der Waals surface area contributed by atoms with E-state index in [0.29, 0.717) is 17.8 Å². The summed E-state index contributed by atoms with van der Waals surface area (Å²) in [4.78, 5) is 24.6. The number of carbonyl (C=O) groups is 2. The lowest BCUT2D eigenvalue weighted by molar-refractivity contribution is -0.111. The average molecular weight is 300 g/mol. The van der Waals surface area contributed by atoms with Crippen LogP contribution in [0, 0.1) is 0 Å². The Bertz CT molecular complexity index is 648. The molecule has 0 fully saturated rings. The Morgan fingerprint density at radius 2 is 2.10 bits per heavy atom. The van der Waals surface area contributed by atoms with Gasteiger partial charge in [0, 0.05) is 28.7 Å². The van der Waals surface area contributed by atoms with Crippen LogP contribution in [0.2, 0.25) is 0 Å². The van der Waals surface area contributed by atoms with E-state index >= 15 is 0 Å². The first-order valence-corrected chi connectivity index (χ1v) is 7.48. The van der Waals surface area contributed by atoms with Crippen molar-refractivity contribution in [3.05, 3.63) is 58.3 Å². The van der Waals surface area contributed by atoms with Crippen molar-refractivity contribution < 1.29 is 9.59 Å². The molecular weight excluding hydrogens is 284 g/mol. The zero-order chi connectivity index (χ0) is 15.1. The van der Waals surface area contributed by atoms with Gasteiger partial charge in [-0.05, 0) is 42.6 Å². The molecule has 108 valence electrons. The predicted octanol–water partition coefficient (Wildman–Crippen LogP) is 3.15. The number of hydrogen-bond donors (Lipinski definition) is 2. The number of thiophene rings is 1. The third-order valence-corrected chi connectivity index (χ3v) is 3.51. The van der Waals surface area contributed by atoms with Gasteiger partial charge >= 0.3 is 0 Å². The maximum Gasteiger partial charge on any atom is 0.251 e. The SMILES string of the molecule is CCNC(=O)c1cccc(NC(=O)C=Cc2cccs2)c1. The number of benzene rings is 1. The third kappa shape index (κ3) is 4.57. The first kappa shape index (κ1) is 15.0. The summed E-state index contributed by atoms with van der Waals surface area (Å²) in [5.41, 5.74) is 1.12. The molecule has 0 aliphatic rings. The lowest BCUT2D eigenvalue weighted by Gasteiger charge is -2.05. The topological polar surface area (TPSA) is 58.2 Å². The second-order valence-electron chi connectivity index (χ2n) is 4.28. The van der Waals surface area contributed by atoms with E-state index in [1.54, 1.807) is 41.7 Å². The number of hydrogen-bond acceptors (Lipinski definition) is 3. The van der Waals surface area contributed by atoms with Gasteiger partial charge in [0.25, 0.3) is 5.91 Å².